The Morgan fingerprint density at radius 3 is 2.27 bits per heavy atom. The average Bonchev–Trinajstić information content (AvgIpc) is 2.20. The standard InChI is InChI=1S/C11H14F3N/c1-8(15-2)11(13,14)7-9-3-5-10(12)6-4-9/h3-6,8,15H,7H2,1-2H3. The van der Waals surface area contributed by atoms with Gasteiger partial charge in [0.1, 0.15) is 5.82 Å². The summed E-state index contributed by atoms with van der Waals surface area (Å²) in [4.78, 5) is 0. The molecule has 1 atom stereocenters. The number of hydrogen-bond acceptors (Lipinski definition) is 1. The molecular formula is C11H14F3N. The predicted octanol–water partition coefficient (Wildman–Crippen LogP) is 2.61. The first-order valence-electron chi connectivity index (χ1n) is 4.75. The van der Waals surface area contributed by atoms with Crippen molar-refractivity contribution in [2.24, 2.45) is 0 Å². The molecule has 0 saturated heterocycles. The zero-order chi connectivity index (χ0) is 11.5. The lowest BCUT2D eigenvalue weighted by Gasteiger charge is -2.23. The van der Waals surface area contributed by atoms with Gasteiger partial charge >= 0.3 is 0 Å². The zero-order valence-electron chi connectivity index (χ0n) is 8.73. The van der Waals surface area contributed by atoms with E-state index in [0.29, 0.717) is 5.56 Å². The zero-order valence-corrected chi connectivity index (χ0v) is 8.73. The van der Waals surface area contributed by atoms with E-state index in [4.69, 9.17) is 0 Å². The Morgan fingerprint density at radius 1 is 1.27 bits per heavy atom. The third kappa shape index (κ3) is 3.23. The van der Waals surface area contributed by atoms with Gasteiger partial charge in [-0.05, 0) is 31.7 Å². The summed E-state index contributed by atoms with van der Waals surface area (Å²) >= 11 is 0. The Balaban J connectivity index is 2.72. The van der Waals surface area contributed by atoms with Crippen molar-refractivity contribution in [2.75, 3.05) is 7.05 Å². The van der Waals surface area contributed by atoms with Crippen molar-refractivity contribution in [3.63, 3.8) is 0 Å². The minimum Gasteiger partial charge on any atom is -0.312 e. The van der Waals surface area contributed by atoms with Crippen LogP contribution < -0.4 is 5.32 Å². The highest BCUT2D eigenvalue weighted by molar-refractivity contribution is 5.18. The monoisotopic (exact) mass is 217 g/mol. The van der Waals surface area contributed by atoms with Gasteiger partial charge in [0.2, 0.25) is 0 Å². The molecule has 0 heterocycles. The van der Waals surface area contributed by atoms with Crippen LogP contribution in [-0.2, 0) is 6.42 Å². The highest BCUT2D eigenvalue weighted by Crippen LogP contribution is 2.23. The third-order valence-electron chi connectivity index (χ3n) is 2.42. The molecule has 0 fully saturated rings. The molecule has 0 aromatic heterocycles. The van der Waals surface area contributed by atoms with Crippen LogP contribution >= 0.6 is 0 Å². The smallest absolute Gasteiger partial charge is 0.266 e. The molecule has 1 aromatic rings. The SMILES string of the molecule is CNC(C)C(F)(F)Cc1ccc(F)cc1. The van der Waals surface area contributed by atoms with Crippen LogP contribution in [-0.4, -0.2) is 19.0 Å². The van der Waals surface area contributed by atoms with E-state index in [9.17, 15) is 13.2 Å². The van der Waals surface area contributed by atoms with E-state index in [-0.39, 0.29) is 6.42 Å². The maximum absolute atomic E-state index is 13.4. The van der Waals surface area contributed by atoms with Crippen LogP contribution in [0.1, 0.15) is 12.5 Å². The first-order chi connectivity index (χ1) is 6.95. The number of halogens is 3. The van der Waals surface area contributed by atoms with E-state index in [1.807, 2.05) is 0 Å². The minimum absolute atomic E-state index is 0.380. The van der Waals surface area contributed by atoms with Crippen molar-refractivity contribution in [3.8, 4) is 0 Å². The van der Waals surface area contributed by atoms with Gasteiger partial charge in [-0.15, -0.1) is 0 Å². The quantitative estimate of drug-likeness (QED) is 0.817. The summed E-state index contributed by atoms with van der Waals surface area (Å²) < 4.78 is 39.4. The van der Waals surface area contributed by atoms with Crippen LogP contribution in [0.4, 0.5) is 13.2 Å². The van der Waals surface area contributed by atoms with Crippen LogP contribution in [0.3, 0.4) is 0 Å². The molecule has 1 nitrogen and oxygen atoms in total. The molecule has 0 bridgehead atoms. The Labute approximate surface area is 87.3 Å². The molecule has 15 heavy (non-hydrogen) atoms. The van der Waals surface area contributed by atoms with Gasteiger partial charge in [-0.2, -0.15) is 0 Å². The molecule has 0 saturated carbocycles. The molecule has 0 spiro atoms. The van der Waals surface area contributed by atoms with Crippen molar-refractivity contribution in [2.45, 2.75) is 25.3 Å². The first kappa shape index (κ1) is 12.0. The Hall–Kier alpha value is -1.03. The summed E-state index contributed by atoms with van der Waals surface area (Å²) in [6.45, 7) is 1.42. The molecule has 1 aromatic carbocycles. The van der Waals surface area contributed by atoms with Gasteiger partial charge in [0, 0.05) is 6.42 Å². The summed E-state index contributed by atoms with van der Waals surface area (Å²) in [5.74, 6) is -3.24. The van der Waals surface area contributed by atoms with Crippen LogP contribution in [0, 0.1) is 5.82 Å². The van der Waals surface area contributed by atoms with Gasteiger partial charge < -0.3 is 5.32 Å². The van der Waals surface area contributed by atoms with Crippen LogP contribution in [0.2, 0.25) is 0 Å². The van der Waals surface area contributed by atoms with E-state index >= 15 is 0 Å². The van der Waals surface area contributed by atoms with Gasteiger partial charge in [-0.25, -0.2) is 13.2 Å². The lowest BCUT2D eigenvalue weighted by molar-refractivity contribution is -0.0285. The second kappa shape index (κ2) is 4.66. The predicted molar refractivity (Wildman–Crippen MR) is 53.6 cm³/mol. The molecule has 0 radical (unpaired) electrons. The Bertz CT molecular complexity index is 308. The molecule has 0 aliphatic heterocycles. The average molecular weight is 217 g/mol. The van der Waals surface area contributed by atoms with Gasteiger partial charge in [0.15, 0.2) is 0 Å². The van der Waals surface area contributed by atoms with E-state index in [2.05, 4.69) is 5.32 Å². The fourth-order valence-corrected chi connectivity index (χ4v) is 1.24. The van der Waals surface area contributed by atoms with Gasteiger partial charge in [0.25, 0.3) is 5.92 Å². The summed E-state index contributed by atoms with van der Waals surface area (Å²) in [5.41, 5.74) is 0.434. The van der Waals surface area contributed by atoms with Crippen LogP contribution in [0.25, 0.3) is 0 Å². The Kier molecular flexibility index (Phi) is 3.74. The summed E-state index contributed by atoms with van der Waals surface area (Å²) in [6, 6.07) is 4.24. The fourth-order valence-electron chi connectivity index (χ4n) is 1.24. The van der Waals surface area contributed by atoms with Gasteiger partial charge in [-0.1, -0.05) is 12.1 Å². The number of hydrogen-bond donors (Lipinski definition) is 1. The van der Waals surface area contributed by atoms with Crippen molar-refractivity contribution in [1.29, 1.82) is 0 Å². The topological polar surface area (TPSA) is 12.0 Å². The highest BCUT2D eigenvalue weighted by Gasteiger charge is 2.35. The van der Waals surface area contributed by atoms with Crippen molar-refractivity contribution >= 4 is 0 Å². The molecule has 0 aliphatic rings. The van der Waals surface area contributed by atoms with Crippen molar-refractivity contribution in [3.05, 3.63) is 35.6 Å². The minimum atomic E-state index is -2.83. The summed E-state index contributed by atoms with van der Waals surface area (Å²) in [5, 5.41) is 2.51. The largest absolute Gasteiger partial charge is 0.312 e. The maximum atomic E-state index is 13.4. The number of alkyl halides is 2. The molecular weight excluding hydrogens is 203 g/mol. The molecule has 0 aliphatic carbocycles. The highest BCUT2D eigenvalue weighted by atomic mass is 19.3. The molecule has 84 valence electrons. The second-order valence-electron chi connectivity index (χ2n) is 3.57. The third-order valence-corrected chi connectivity index (χ3v) is 2.42. The molecule has 1 rings (SSSR count). The van der Waals surface area contributed by atoms with Crippen LogP contribution in [0.15, 0.2) is 24.3 Å². The van der Waals surface area contributed by atoms with E-state index in [1.54, 1.807) is 0 Å². The van der Waals surface area contributed by atoms with Crippen molar-refractivity contribution in [1.82, 2.24) is 5.32 Å². The summed E-state index contributed by atoms with van der Waals surface area (Å²) in [6.07, 6.45) is -0.380. The maximum Gasteiger partial charge on any atom is 0.266 e. The molecule has 4 heteroatoms. The number of nitrogens with one attached hydrogen (secondary N) is 1. The van der Waals surface area contributed by atoms with E-state index in [1.165, 1.54) is 38.2 Å². The lowest BCUT2D eigenvalue weighted by atomic mass is 10.0. The van der Waals surface area contributed by atoms with Gasteiger partial charge in [-0.3, -0.25) is 0 Å². The fraction of sp³-hybridized carbons (Fsp3) is 0.455. The number of rotatable bonds is 4. The van der Waals surface area contributed by atoms with Gasteiger partial charge in [0.05, 0.1) is 6.04 Å². The molecule has 0 amide bonds. The van der Waals surface area contributed by atoms with E-state index < -0.39 is 17.8 Å². The Morgan fingerprint density at radius 2 is 1.80 bits per heavy atom. The summed E-state index contributed by atoms with van der Waals surface area (Å²) in [7, 11) is 1.49. The first-order valence-corrected chi connectivity index (χ1v) is 4.75. The van der Waals surface area contributed by atoms with Crippen LogP contribution in [0.5, 0.6) is 0 Å². The second-order valence-corrected chi connectivity index (χ2v) is 3.57. The van der Waals surface area contributed by atoms with E-state index in [0.717, 1.165) is 0 Å². The normalized spacial score (nSPS) is 13.9. The van der Waals surface area contributed by atoms with Crippen molar-refractivity contribution < 1.29 is 13.2 Å². The molecule has 1 unspecified atom stereocenters. The lowest BCUT2D eigenvalue weighted by Crippen LogP contribution is -2.42. The molecule has 1 N–H and O–H groups in total. The number of benzene rings is 1.